The van der Waals surface area contributed by atoms with E-state index in [1.54, 1.807) is 0 Å². The second-order valence-electron chi connectivity index (χ2n) is 7.06. The molecular weight excluding hydrogens is 244 g/mol. The number of fused-ring (bicyclic) bond motifs is 3. The van der Waals surface area contributed by atoms with E-state index in [2.05, 4.69) is 34.9 Å². The highest BCUT2D eigenvalue weighted by Gasteiger charge is 2.39. The number of benzene rings is 1. The Morgan fingerprint density at radius 3 is 2.90 bits per heavy atom. The summed E-state index contributed by atoms with van der Waals surface area (Å²) in [5.41, 5.74) is 3.01. The average Bonchev–Trinajstić information content (AvgIpc) is 3.04. The van der Waals surface area contributed by atoms with E-state index in [1.807, 2.05) is 0 Å². The molecule has 1 aliphatic heterocycles. The van der Waals surface area contributed by atoms with Crippen molar-refractivity contribution in [1.82, 2.24) is 10.6 Å². The molecule has 3 aliphatic rings. The number of rotatable bonds is 3. The van der Waals surface area contributed by atoms with Crippen molar-refractivity contribution in [1.29, 1.82) is 0 Å². The largest absolute Gasteiger partial charge is 0.313 e. The summed E-state index contributed by atoms with van der Waals surface area (Å²) in [6, 6.07) is 9.51. The van der Waals surface area contributed by atoms with Crippen molar-refractivity contribution < 1.29 is 0 Å². The number of hydrogen-bond acceptors (Lipinski definition) is 2. The molecule has 0 spiro atoms. The zero-order valence-corrected chi connectivity index (χ0v) is 12.3. The van der Waals surface area contributed by atoms with Gasteiger partial charge in [0, 0.05) is 12.6 Å². The van der Waals surface area contributed by atoms with Gasteiger partial charge in [-0.2, -0.15) is 0 Å². The first-order valence-corrected chi connectivity index (χ1v) is 8.42. The smallest absolute Gasteiger partial charge is 0.0335 e. The maximum absolute atomic E-state index is 3.90. The van der Waals surface area contributed by atoms with Gasteiger partial charge in [0.1, 0.15) is 0 Å². The van der Waals surface area contributed by atoms with Crippen molar-refractivity contribution in [3.8, 4) is 0 Å². The van der Waals surface area contributed by atoms with Crippen LogP contribution in [0.3, 0.4) is 0 Å². The maximum Gasteiger partial charge on any atom is 0.0335 e. The molecule has 20 heavy (non-hydrogen) atoms. The van der Waals surface area contributed by atoms with Gasteiger partial charge in [-0.25, -0.2) is 0 Å². The van der Waals surface area contributed by atoms with Gasteiger partial charge in [-0.1, -0.05) is 30.7 Å². The molecule has 1 heterocycles. The summed E-state index contributed by atoms with van der Waals surface area (Å²) >= 11 is 0. The number of nitrogens with one attached hydrogen (secondary N) is 2. The molecular formula is C18H26N2. The van der Waals surface area contributed by atoms with Gasteiger partial charge >= 0.3 is 0 Å². The van der Waals surface area contributed by atoms with Gasteiger partial charge in [0.25, 0.3) is 0 Å². The minimum Gasteiger partial charge on any atom is -0.313 e. The molecule has 2 fully saturated rings. The Balaban J connectivity index is 1.43. The third-order valence-corrected chi connectivity index (χ3v) is 5.87. The first-order chi connectivity index (χ1) is 9.90. The summed E-state index contributed by atoms with van der Waals surface area (Å²) in [5, 5.41) is 7.45. The molecule has 0 saturated heterocycles. The highest BCUT2D eigenvalue weighted by Crippen LogP contribution is 2.48. The van der Waals surface area contributed by atoms with E-state index in [9.17, 15) is 0 Å². The zero-order chi connectivity index (χ0) is 13.4. The molecule has 4 rings (SSSR count). The average molecular weight is 270 g/mol. The highest BCUT2D eigenvalue weighted by molar-refractivity contribution is 5.31. The summed E-state index contributed by atoms with van der Waals surface area (Å²) in [7, 11) is 0. The van der Waals surface area contributed by atoms with Gasteiger partial charge in [-0.3, -0.25) is 0 Å². The Morgan fingerprint density at radius 2 is 2.05 bits per heavy atom. The second-order valence-corrected chi connectivity index (χ2v) is 7.06. The minimum atomic E-state index is 0.556. The van der Waals surface area contributed by atoms with E-state index in [1.165, 1.54) is 49.8 Å². The van der Waals surface area contributed by atoms with Crippen LogP contribution in [-0.4, -0.2) is 13.1 Å². The van der Waals surface area contributed by atoms with E-state index < -0.39 is 0 Å². The van der Waals surface area contributed by atoms with Gasteiger partial charge in [-0.05, 0) is 67.7 Å². The molecule has 2 N–H and O–H groups in total. The molecule has 2 heteroatoms. The van der Waals surface area contributed by atoms with Gasteiger partial charge in [0.15, 0.2) is 0 Å². The molecule has 4 atom stereocenters. The molecule has 2 aliphatic carbocycles. The van der Waals surface area contributed by atoms with Gasteiger partial charge < -0.3 is 10.6 Å². The fraction of sp³-hybridized carbons (Fsp3) is 0.667. The van der Waals surface area contributed by atoms with Crippen molar-refractivity contribution in [3.05, 3.63) is 35.4 Å². The van der Waals surface area contributed by atoms with Crippen molar-refractivity contribution in [2.45, 2.75) is 44.7 Å². The zero-order valence-electron chi connectivity index (χ0n) is 12.3. The van der Waals surface area contributed by atoms with Crippen LogP contribution in [0.1, 0.15) is 49.3 Å². The van der Waals surface area contributed by atoms with Crippen LogP contribution in [0.25, 0.3) is 0 Å². The third-order valence-electron chi connectivity index (χ3n) is 5.87. The molecule has 1 aromatic carbocycles. The first-order valence-electron chi connectivity index (χ1n) is 8.42. The van der Waals surface area contributed by atoms with E-state index in [0.29, 0.717) is 6.04 Å². The maximum atomic E-state index is 3.90. The number of hydrogen-bond donors (Lipinski definition) is 2. The van der Waals surface area contributed by atoms with Crippen molar-refractivity contribution >= 4 is 0 Å². The van der Waals surface area contributed by atoms with Crippen LogP contribution < -0.4 is 10.6 Å². The Bertz CT molecular complexity index is 470. The summed E-state index contributed by atoms with van der Waals surface area (Å²) in [6.07, 6.45) is 7.24. The Labute approximate surface area is 122 Å². The van der Waals surface area contributed by atoms with Gasteiger partial charge in [0.05, 0.1) is 0 Å². The lowest BCUT2D eigenvalue weighted by Crippen LogP contribution is -2.30. The van der Waals surface area contributed by atoms with Crippen LogP contribution in [0, 0.1) is 17.8 Å². The Morgan fingerprint density at radius 1 is 1.10 bits per heavy atom. The quantitative estimate of drug-likeness (QED) is 0.881. The monoisotopic (exact) mass is 270 g/mol. The van der Waals surface area contributed by atoms with Crippen LogP contribution in [0.15, 0.2) is 24.3 Å². The molecule has 0 aromatic heterocycles. The molecule has 2 saturated carbocycles. The lowest BCUT2D eigenvalue weighted by atomic mass is 9.88. The van der Waals surface area contributed by atoms with Crippen LogP contribution in [0.2, 0.25) is 0 Å². The predicted molar refractivity (Wildman–Crippen MR) is 82.4 cm³/mol. The molecule has 2 nitrogen and oxygen atoms in total. The van der Waals surface area contributed by atoms with Crippen molar-refractivity contribution in [2.24, 2.45) is 17.8 Å². The van der Waals surface area contributed by atoms with Crippen molar-refractivity contribution in [2.75, 3.05) is 13.1 Å². The summed E-state index contributed by atoms with van der Waals surface area (Å²) in [4.78, 5) is 0. The van der Waals surface area contributed by atoms with Crippen LogP contribution in [0.5, 0.6) is 0 Å². The van der Waals surface area contributed by atoms with Crippen LogP contribution in [0.4, 0.5) is 0 Å². The molecule has 0 amide bonds. The highest BCUT2D eigenvalue weighted by atomic mass is 14.9. The van der Waals surface area contributed by atoms with Crippen LogP contribution >= 0.6 is 0 Å². The Hall–Kier alpha value is -0.860. The fourth-order valence-electron chi connectivity index (χ4n) is 4.79. The first kappa shape index (κ1) is 12.8. The molecule has 4 unspecified atom stereocenters. The summed E-state index contributed by atoms with van der Waals surface area (Å²) in [5.74, 6) is 3.05. The van der Waals surface area contributed by atoms with E-state index in [4.69, 9.17) is 0 Å². The van der Waals surface area contributed by atoms with Crippen LogP contribution in [-0.2, 0) is 6.54 Å². The molecule has 108 valence electrons. The third kappa shape index (κ3) is 2.40. The minimum absolute atomic E-state index is 0.556. The van der Waals surface area contributed by atoms with E-state index in [0.717, 1.165) is 30.8 Å². The SMILES string of the molecule is c1ccc2c(c1)CNCCC2NCC1CC2CCC1C2. The predicted octanol–water partition coefficient (Wildman–Crippen LogP) is 3.25. The fourth-order valence-corrected chi connectivity index (χ4v) is 4.79. The molecule has 0 radical (unpaired) electrons. The normalized spacial score (nSPS) is 35.8. The van der Waals surface area contributed by atoms with Crippen molar-refractivity contribution in [3.63, 3.8) is 0 Å². The topological polar surface area (TPSA) is 24.1 Å². The molecule has 1 aromatic rings. The van der Waals surface area contributed by atoms with E-state index in [-0.39, 0.29) is 0 Å². The lowest BCUT2D eigenvalue weighted by molar-refractivity contribution is 0.303. The summed E-state index contributed by atoms with van der Waals surface area (Å²) in [6.45, 7) is 3.39. The van der Waals surface area contributed by atoms with Gasteiger partial charge in [-0.15, -0.1) is 0 Å². The van der Waals surface area contributed by atoms with E-state index >= 15 is 0 Å². The van der Waals surface area contributed by atoms with Gasteiger partial charge in [0.2, 0.25) is 0 Å². The standard InChI is InChI=1S/C18H26N2/c1-2-4-17-15(3-1)11-19-8-7-18(17)20-12-16-10-13-5-6-14(16)9-13/h1-4,13-14,16,18-20H,5-12H2. The molecule has 2 bridgehead atoms. The lowest BCUT2D eigenvalue weighted by Gasteiger charge is -2.26. The summed E-state index contributed by atoms with van der Waals surface area (Å²) < 4.78 is 0. The Kier molecular flexibility index (Phi) is 3.53. The second kappa shape index (κ2) is 5.50.